The van der Waals surface area contributed by atoms with Crippen LogP contribution < -0.4 is 4.90 Å². The standard InChI is InChI=1S/C10H13N5/c1-2-5-14(6-3-1)9-10-11-4-7-15(10)13-8-12-9/h4,7-8H,1-3,5-6H2. The number of fused-ring (bicyclic) bond motifs is 1. The van der Waals surface area contributed by atoms with Gasteiger partial charge in [0.2, 0.25) is 0 Å². The van der Waals surface area contributed by atoms with Crippen molar-refractivity contribution >= 4 is 11.5 Å². The summed E-state index contributed by atoms with van der Waals surface area (Å²) < 4.78 is 1.77. The van der Waals surface area contributed by atoms with Crippen LogP contribution in [0.1, 0.15) is 19.3 Å². The molecule has 0 unspecified atom stereocenters. The fourth-order valence-corrected chi connectivity index (χ4v) is 2.07. The summed E-state index contributed by atoms with van der Waals surface area (Å²) in [6.07, 6.45) is 9.03. The van der Waals surface area contributed by atoms with Crippen molar-refractivity contribution in [3.63, 3.8) is 0 Å². The van der Waals surface area contributed by atoms with Crippen LogP contribution in [0.15, 0.2) is 18.7 Å². The third-order valence-electron chi connectivity index (χ3n) is 2.83. The topological polar surface area (TPSA) is 46.3 Å². The van der Waals surface area contributed by atoms with Gasteiger partial charge in [-0.25, -0.2) is 14.5 Å². The molecule has 1 fully saturated rings. The van der Waals surface area contributed by atoms with Crippen molar-refractivity contribution in [2.24, 2.45) is 0 Å². The van der Waals surface area contributed by atoms with Gasteiger partial charge in [0.15, 0.2) is 11.5 Å². The van der Waals surface area contributed by atoms with Gasteiger partial charge in [-0.1, -0.05) is 0 Å². The summed E-state index contributed by atoms with van der Waals surface area (Å²) in [4.78, 5) is 10.9. The van der Waals surface area contributed by atoms with E-state index in [4.69, 9.17) is 0 Å². The number of rotatable bonds is 1. The van der Waals surface area contributed by atoms with Crippen molar-refractivity contribution in [3.8, 4) is 0 Å². The Hall–Kier alpha value is -1.65. The lowest BCUT2D eigenvalue weighted by Gasteiger charge is -2.27. The minimum absolute atomic E-state index is 0.861. The van der Waals surface area contributed by atoms with E-state index in [0.717, 1.165) is 24.6 Å². The van der Waals surface area contributed by atoms with Crippen molar-refractivity contribution < 1.29 is 0 Å². The normalized spacial score (nSPS) is 17.2. The van der Waals surface area contributed by atoms with Gasteiger partial charge in [-0.3, -0.25) is 0 Å². The van der Waals surface area contributed by atoms with E-state index in [1.165, 1.54) is 19.3 Å². The number of anilines is 1. The molecule has 15 heavy (non-hydrogen) atoms. The third-order valence-corrected chi connectivity index (χ3v) is 2.83. The van der Waals surface area contributed by atoms with Crippen molar-refractivity contribution in [1.29, 1.82) is 0 Å². The van der Waals surface area contributed by atoms with Crippen LogP contribution in [0.2, 0.25) is 0 Å². The molecule has 1 aliphatic heterocycles. The second-order valence-corrected chi connectivity index (χ2v) is 3.83. The fourth-order valence-electron chi connectivity index (χ4n) is 2.07. The summed E-state index contributed by atoms with van der Waals surface area (Å²) in [7, 11) is 0. The Bertz CT molecular complexity index is 458. The Labute approximate surface area is 87.8 Å². The monoisotopic (exact) mass is 203 g/mol. The minimum atomic E-state index is 0.861. The fraction of sp³-hybridized carbons (Fsp3) is 0.500. The van der Waals surface area contributed by atoms with Crippen molar-refractivity contribution in [2.75, 3.05) is 18.0 Å². The van der Waals surface area contributed by atoms with Crippen LogP contribution in [-0.4, -0.2) is 32.7 Å². The predicted octanol–water partition coefficient (Wildman–Crippen LogP) is 1.11. The highest BCUT2D eigenvalue weighted by Gasteiger charge is 2.15. The molecule has 1 saturated heterocycles. The first kappa shape index (κ1) is 8.64. The molecule has 78 valence electrons. The maximum Gasteiger partial charge on any atom is 0.196 e. The van der Waals surface area contributed by atoms with Crippen LogP contribution in [0.25, 0.3) is 5.65 Å². The summed E-state index contributed by atoms with van der Waals surface area (Å²) in [5, 5.41) is 4.11. The number of aromatic nitrogens is 4. The maximum absolute atomic E-state index is 4.33. The Morgan fingerprint density at radius 3 is 2.80 bits per heavy atom. The summed E-state index contributed by atoms with van der Waals surface area (Å²) in [6.45, 7) is 2.17. The summed E-state index contributed by atoms with van der Waals surface area (Å²) in [5.41, 5.74) is 0.861. The molecule has 0 atom stereocenters. The van der Waals surface area contributed by atoms with E-state index in [9.17, 15) is 0 Å². The zero-order chi connectivity index (χ0) is 10.1. The molecule has 0 bridgehead atoms. The molecule has 0 aromatic carbocycles. The molecule has 0 radical (unpaired) electrons. The predicted molar refractivity (Wildman–Crippen MR) is 56.8 cm³/mol. The molecular weight excluding hydrogens is 190 g/mol. The lowest BCUT2D eigenvalue weighted by molar-refractivity contribution is 0.572. The van der Waals surface area contributed by atoms with Gasteiger partial charge in [0.05, 0.1) is 0 Å². The molecule has 2 aromatic rings. The second kappa shape index (κ2) is 3.49. The highest BCUT2D eigenvalue weighted by molar-refractivity contribution is 5.63. The van der Waals surface area contributed by atoms with Gasteiger partial charge in [-0.05, 0) is 19.3 Å². The van der Waals surface area contributed by atoms with E-state index < -0.39 is 0 Å². The van der Waals surface area contributed by atoms with Crippen molar-refractivity contribution in [2.45, 2.75) is 19.3 Å². The highest BCUT2D eigenvalue weighted by atomic mass is 15.3. The Kier molecular flexibility index (Phi) is 2.01. The number of hydrogen-bond acceptors (Lipinski definition) is 4. The molecule has 0 aliphatic carbocycles. The first-order chi connectivity index (χ1) is 7.45. The molecule has 5 heteroatoms. The van der Waals surface area contributed by atoms with Crippen LogP contribution in [0.3, 0.4) is 0 Å². The van der Waals surface area contributed by atoms with Crippen LogP contribution >= 0.6 is 0 Å². The van der Waals surface area contributed by atoms with Gasteiger partial charge in [-0.2, -0.15) is 5.10 Å². The van der Waals surface area contributed by atoms with E-state index >= 15 is 0 Å². The van der Waals surface area contributed by atoms with E-state index in [2.05, 4.69) is 20.0 Å². The Balaban J connectivity index is 2.05. The molecule has 0 saturated carbocycles. The molecule has 2 aromatic heterocycles. The second-order valence-electron chi connectivity index (χ2n) is 3.83. The lowest BCUT2D eigenvalue weighted by atomic mass is 10.1. The van der Waals surface area contributed by atoms with Crippen molar-refractivity contribution in [3.05, 3.63) is 18.7 Å². The molecule has 0 spiro atoms. The zero-order valence-electron chi connectivity index (χ0n) is 8.50. The SMILES string of the molecule is c1cn2ncnc(N3CCCCC3)c2n1. The molecule has 5 nitrogen and oxygen atoms in total. The first-order valence-electron chi connectivity index (χ1n) is 5.34. The van der Waals surface area contributed by atoms with Gasteiger partial charge < -0.3 is 4.90 Å². The van der Waals surface area contributed by atoms with Crippen LogP contribution in [0, 0.1) is 0 Å². The molecule has 0 N–H and O–H groups in total. The van der Waals surface area contributed by atoms with Gasteiger partial charge >= 0.3 is 0 Å². The Morgan fingerprint density at radius 1 is 1.07 bits per heavy atom. The number of nitrogens with zero attached hydrogens (tertiary/aromatic N) is 5. The molecule has 1 aliphatic rings. The number of piperidine rings is 1. The smallest absolute Gasteiger partial charge is 0.196 e. The Morgan fingerprint density at radius 2 is 1.93 bits per heavy atom. The van der Waals surface area contributed by atoms with Crippen LogP contribution in [-0.2, 0) is 0 Å². The lowest BCUT2D eigenvalue weighted by Crippen LogP contribution is -2.30. The van der Waals surface area contributed by atoms with Gasteiger partial charge in [0, 0.05) is 25.5 Å². The van der Waals surface area contributed by atoms with Crippen LogP contribution in [0.4, 0.5) is 5.82 Å². The summed E-state index contributed by atoms with van der Waals surface area (Å²) >= 11 is 0. The highest BCUT2D eigenvalue weighted by Crippen LogP contribution is 2.20. The molecule has 0 amide bonds. The first-order valence-corrected chi connectivity index (χ1v) is 5.34. The quantitative estimate of drug-likeness (QED) is 0.696. The van der Waals surface area contributed by atoms with Crippen molar-refractivity contribution in [1.82, 2.24) is 19.6 Å². The summed E-state index contributed by atoms with van der Waals surface area (Å²) in [6, 6.07) is 0. The van der Waals surface area contributed by atoms with Gasteiger partial charge in [0.1, 0.15) is 6.33 Å². The maximum atomic E-state index is 4.33. The molecular formula is C10H13N5. The number of hydrogen-bond donors (Lipinski definition) is 0. The molecule has 3 heterocycles. The van der Waals surface area contributed by atoms with E-state index in [-0.39, 0.29) is 0 Å². The average molecular weight is 203 g/mol. The third kappa shape index (κ3) is 1.44. The van der Waals surface area contributed by atoms with E-state index in [0.29, 0.717) is 0 Å². The largest absolute Gasteiger partial charge is 0.353 e. The number of imidazole rings is 1. The zero-order valence-corrected chi connectivity index (χ0v) is 8.50. The van der Waals surface area contributed by atoms with E-state index in [1.54, 1.807) is 17.0 Å². The molecule has 3 rings (SSSR count). The van der Waals surface area contributed by atoms with Gasteiger partial charge in [0.25, 0.3) is 0 Å². The van der Waals surface area contributed by atoms with Gasteiger partial charge in [-0.15, -0.1) is 0 Å². The van der Waals surface area contributed by atoms with E-state index in [1.807, 2.05) is 6.20 Å². The average Bonchev–Trinajstić information content (AvgIpc) is 2.78. The summed E-state index contributed by atoms with van der Waals surface area (Å²) in [5.74, 6) is 0.967. The van der Waals surface area contributed by atoms with Crippen LogP contribution in [0.5, 0.6) is 0 Å². The minimum Gasteiger partial charge on any atom is -0.353 e.